The summed E-state index contributed by atoms with van der Waals surface area (Å²) < 4.78 is 5.65. The molecule has 1 aliphatic carbocycles. The molecule has 1 atom stereocenters. The van der Waals surface area contributed by atoms with Gasteiger partial charge in [-0.15, -0.1) is 0 Å². The van der Waals surface area contributed by atoms with Crippen LogP contribution in [0.15, 0.2) is 72.3 Å². The highest BCUT2D eigenvalue weighted by Gasteiger charge is 2.26. The van der Waals surface area contributed by atoms with Gasteiger partial charge in [0, 0.05) is 13.1 Å². The van der Waals surface area contributed by atoms with Crippen LogP contribution in [0.2, 0.25) is 0 Å². The molecule has 0 spiro atoms. The van der Waals surface area contributed by atoms with E-state index in [9.17, 15) is 9.59 Å². The quantitative estimate of drug-likeness (QED) is 0.576. The molecule has 2 aromatic carbocycles. The van der Waals surface area contributed by atoms with E-state index in [0.717, 1.165) is 24.8 Å². The Bertz CT molecular complexity index is 865. The lowest BCUT2D eigenvalue weighted by Gasteiger charge is -2.29. The lowest BCUT2D eigenvalue weighted by molar-refractivity contribution is -0.142. The van der Waals surface area contributed by atoms with E-state index in [2.05, 4.69) is 11.4 Å². The predicted octanol–water partition coefficient (Wildman–Crippen LogP) is 4.49. The van der Waals surface area contributed by atoms with E-state index in [1.54, 1.807) is 11.8 Å². The fraction of sp³-hybridized carbons (Fsp3) is 0.385. The second kappa shape index (κ2) is 11.9. The Balaban J connectivity index is 1.60. The summed E-state index contributed by atoms with van der Waals surface area (Å²) in [5.74, 6) is 0.277. The van der Waals surface area contributed by atoms with Crippen LogP contribution in [0.25, 0.3) is 0 Å². The number of nitrogens with zero attached hydrogens (tertiary/aromatic N) is 1. The Hall–Kier alpha value is -3.08. The lowest BCUT2D eigenvalue weighted by atomic mass is 9.97. The average Bonchev–Trinajstić information content (AvgIpc) is 2.82. The van der Waals surface area contributed by atoms with Gasteiger partial charge in [0.2, 0.25) is 5.91 Å². The van der Waals surface area contributed by atoms with Crippen molar-refractivity contribution >= 4 is 11.8 Å². The van der Waals surface area contributed by atoms with Crippen LogP contribution in [0, 0.1) is 0 Å². The van der Waals surface area contributed by atoms with Crippen molar-refractivity contribution < 1.29 is 14.3 Å². The second-order valence-electron chi connectivity index (χ2n) is 7.93. The third kappa shape index (κ3) is 7.28. The molecule has 1 aliphatic rings. The number of para-hydroxylation sites is 1. The summed E-state index contributed by atoms with van der Waals surface area (Å²) in [6.07, 6.45) is 7.93. The Morgan fingerprint density at radius 3 is 2.42 bits per heavy atom. The third-order valence-electron chi connectivity index (χ3n) is 5.60. The normalized spacial score (nSPS) is 14.3. The molecule has 31 heavy (non-hydrogen) atoms. The molecule has 0 unspecified atom stereocenters. The largest absolute Gasteiger partial charge is 0.484 e. The summed E-state index contributed by atoms with van der Waals surface area (Å²) in [7, 11) is 0. The maximum absolute atomic E-state index is 13.0. The van der Waals surface area contributed by atoms with Crippen LogP contribution >= 0.6 is 0 Å². The van der Waals surface area contributed by atoms with Crippen LogP contribution in [-0.4, -0.2) is 35.9 Å². The molecule has 0 heterocycles. The molecule has 3 rings (SSSR count). The van der Waals surface area contributed by atoms with E-state index >= 15 is 0 Å². The standard InChI is InChI=1S/C26H32N2O3/c1-21(26(30)27-18-17-22-11-5-2-6-12-22)28(19-23-13-7-3-8-14-23)25(29)20-31-24-15-9-4-10-16-24/h3-4,7-11,13-16,21H,2,5-6,12,17-20H2,1H3,(H,27,30)/t21-/m1/s1. The number of benzene rings is 2. The van der Waals surface area contributed by atoms with Gasteiger partial charge in [-0.1, -0.05) is 60.2 Å². The molecule has 0 radical (unpaired) electrons. The molecule has 1 N–H and O–H groups in total. The Kier molecular flexibility index (Phi) is 8.71. The van der Waals surface area contributed by atoms with E-state index in [4.69, 9.17) is 4.74 Å². The summed E-state index contributed by atoms with van der Waals surface area (Å²) >= 11 is 0. The van der Waals surface area contributed by atoms with Crippen LogP contribution in [0.4, 0.5) is 0 Å². The smallest absolute Gasteiger partial charge is 0.261 e. The molecule has 5 heteroatoms. The van der Waals surface area contributed by atoms with Crippen molar-refractivity contribution in [2.75, 3.05) is 13.2 Å². The fourth-order valence-corrected chi connectivity index (χ4v) is 3.73. The molecule has 5 nitrogen and oxygen atoms in total. The minimum absolute atomic E-state index is 0.110. The molecule has 164 valence electrons. The Morgan fingerprint density at radius 2 is 1.74 bits per heavy atom. The summed E-state index contributed by atoms with van der Waals surface area (Å²) in [6, 6.07) is 18.4. The number of nitrogens with one attached hydrogen (secondary N) is 1. The monoisotopic (exact) mass is 420 g/mol. The first-order valence-corrected chi connectivity index (χ1v) is 11.1. The molecule has 0 fully saturated rings. The minimum Gasteiger partial charge on any atom is -0.484 e. The molecule has 0 aliphatic heterocycles. The molecule has 2 aromatic rings. The van der Waals surface area contributed by atoms with Gasteiger partial charge in [0.1, 0.15) is 11.8 Å². The van der Waals surface area contributed by atoms with E-state index in [-0.39, 0.29) is 18.4 Å². The van der Waals surface area contributed by atoms with Crippen LogP contribution < -0.4 is 10.1 Å². The number of hydrogen-bond acceptors (Lipinski definition) is 3. The van der Waals surface area contributed by atoms with Gasteiger partial charge in [-0.25, -0.2) is 0 Å². The van der Waals surface area contributed by atoms with Crippen molar-refractivity contribution in [3.8, 4) is 5.75 Å². The topological polar surface area (TPSA) is 58.6 Å². The van der Waals surface area contributed by atoms with E-state index in [1.165, 1.54) is 18.4 Å². The average molecular weight is 421 g/mol. The maximum Gasteiger partial charge on any atom is 0.261 e. The number of carbonyl (C=O) groups excluding carboxylic acids is 2. The summed E-state index contributed by atoms with van der Waals surface area (Å²) in [6.45, 7) is 2.63. The van der Waals surface area contributed by atoms with Crippen LogP contribution in [0.3, 0.4) is 0 Å². The molecular formula is C26H32N2O3. The number of carbonyl (C=O) groups is 2. The van der Waals surface area contributed by atoms with Crippen LogP contribution in [0.5, 0.6) is 5.75 Å². The molecule has 0 bridgehead atoms. The van der Waals surface area contributed by atoms with Gasteiger partial charge in [-0.05, 0) is 56.7 Å². The number of allylic oxidation sites excluding steroid dienone is 1. The summed E-state index contributed by atoms with van der Waals surface area (Å²) in [5.41, 5.74) is 2.40. The first-order valence-electron chi connectivity index (χ1n) is 11.1. The van der Waals surface area contributed by atoms with Gasteiger partial charge in [-0.2, -0.15) is 0 Å². The predicted molar refractivity (Wildman–Crippen MR) is 123 cm³/mol. The van der Waals surface area contributed by atoms with Crippen molar-refractivity contribution in [2.45, 2.75) is 51.6 Å². The number of amides is 2. The van der Waals surface area contributed by atoms with Crippen LogP contribution in [-0.2, 0) is 16.1 Å². The number of hydrogen-bond donors (Lipinski definition) is 1. The van der Waals surface area contributed by atoms with Crippen molar-refractivity contribution in [2.24, 2.45) is 0 Å². The second-order valence-corrected chi connectivity index (χ2v) is 7.93. The molecule has 0 aromatic heterocycles. The zero-order valence-corrected chi connectivity index (χ0v) is 18.3. The van der Waals surface area contributed by atoms with E-state index in [0.29, 0.717) is 18.8 Å². The fourth-order valence-electron chi connectivity index (χ4n) is 3.73. The first kappa shape index (κ1) is 22.6. The zero-order valence-electron chi connectivity index (χ0n) is 18.3. The molecular weight excluding hydrogens is 388 g/mol. The highest BCUT2D eigenvalue weighted by molar-refractivity contribution is 5.87. The van der Waals surface area contributed by atoms with Crippen molar-refractivity contribution in [3.05, 3.63) is 77.9 Å². The number of ether oxygens (including phenoxy) is 1. The van der Waals surface area contributed by atoms with Crippen molar-refractivity contribution in [1.29, 1.82) is 0 Å². The maximum atomic E-state index is 13.0. The highest BCUT2D eigenvalue weighted by atomic mass is 16.5. The first-order chi connectivity index (χ1) is 15.1. The van der Waals surface area contributed by atoms with Crippen molar-refractivity contribution in [3.63, 3.8) is 0 Å². The number of rotatable bonds is 10. The van der Waals surface area contributed by atoms with E-state index in [1.807, 2.05) is 60.7 Å². The summed E-state index contributed by atoms with van der Waals surface area (Å²) in [5, 5.41) is 3.01. The summed E-state index contributed by atoms with van der Waals surface area (Å²) in [4.78, 5) is 27.4. The molecule has 2 amide bonds. The molecule has 0 saturated heterocycles. The van der Waals surface area contributed by atoms with Gasteiger partial charge in [-0.3, -0.25) is 9.59 Å². The van der Waals surface area contributed by atoms with Gasteiger partial charge >= 0.3 is 0 Å². The van der Waals surface area contributed by atoms with Gasteiger partial charge < -0.3 is 15.0 Å². The Labute approximate surface area is 185 Å². The third-order valence-corrected chi connectivity index (χ3v) is 5.60. The SMILES string of the molecule is C[C@H](C(=O)NCCC1=CCCCC1)N(Cc1ccccc1)C(=O)COc1ccccc1. The molecule has 0 saturated carbocycles. The van der Waals surface area contributed by atoms with Gasteiger partial charge in [0.25, 0.3) is 5.91 Å². The lowest BCUT2D eigenvalue weighted by Crippen LogP contribution is -2.49. The van der Waals surface area contributed by atoms with E-state index < -0.39 is 6.04 Å². The minimum atomic E-state index is -0.590. The zero-order chi connectivity index (χ0) is 21.9. The van der Waals surface area contributed by atoms with Gasteiger partial charge in [0.15, 0.2) is 6.61 Å². The Morgan fingerprint density at radius 1 is 1.03 bits per heavy atom. The highest BCUT2D eigenvalue weighted by Crippen LogP contribution is 2.19. The van der Waals surface area contributed by atoms with Crippen LogP contribution in [0.1, 0.15) is 44.6 Å². The van der Waals surface area contributed by atoms with Gasteiger partial charge in [0.05, 0.1) is 0 Å². The van der Waals surface area contributed by atoms with Crippen molar-refractivity contribution in [1.82, 2.24) is 10.2 Å².